The number of thiol groups is 1. The zero-order valence-corrected chi connectivity index (χ0v) is 9.18. The molecule has 0 aromatic carbocycles. The molecule has 1 unspecified atom stereocenters. The number of nitrogens with one attached hydrogen (secondary N) is 1. The highest BCUT2D eigenvalue weighted by molar-refractivity contribution is 7.80. The summed E-state index contributed by atoms with van der Waals surface area (Å²) in [6.45, 7) is 5.43. The Morgan fingerprint density at radius 1 is 1.54 bits per heavy atom. The van der Waals surface area contributed by atoms with Gasteiger partial charge in [0, 0.05) is 31.4 Å². The van der Waals surface area contributed by atoms with Gasteiger partial charge in [-0.1, -0.05) is 0 Å². The molecule has 1 N–H and O–H groups in total. The van der Waals surface area contributed by atoms with Crippen molar-refractivity contribution in [3.05, 3.63) is 0 Å². The van der Waals surface area contributed by atoms with Crippen LogP contribution in [0.3, 0.4) is 0 Å². The fraction of sp³-hybridized carbons (Fsp3) is 0.889. The molecule has 1 rings (SSSR count). The smallest absolute Gasteiger partial charge is 0.219 e. The summed E-state index contributed by atoms with van der Waals surface area (Å²) in [6, 6.07) is 0.531. The summed E-state index contributed by atoms with van der Waals surface area (Å²) in [4.78, 5) is 12.9. The Morgan fingerprint density at radius 2 is 2.08 bits per heavy atom. The van der Waals surface area contributed by atoms with E-state index in [1.807, 2.05) is 11.8 Å². The average Bonchev–Trinajstić information content (AvgIpc) is 2.04. The molecular formula is C9H18N2OS. The van der Waals surface area contributed by atoms with Gasteiger partial charge in [0.1, 0.15) is 0 Å². The summed E-state index contributed by atoms with van der Waals surface area (Å²) in [6.07, 6.45) is 2.09. The predicted molar refractivity (Wildman–Crippen MR) is 56.9 cm³/mol. The van der Waals surface area contributed by atoms with Gasteiger partial charge in [-0.25, -0.2) is 0 Å². The summed E-state index contributed by atoms with van der Waals surface area (Å²) in [5, 5.41) is 3.61. The van der Waals surface area contributed by atoms with Crippen LogP contribution in [0.25, 0.3) is 0 Å². The van der Waals surface area contributed by atoms with Gasteiger partial charge in [-0.05, 0) is 19.8 Å². The number of amides is 1. The molecule has 76 valence electrons. The Kier molecular flexibility index (Phi) is 4.06. The van der Waals surface area contributed by atoms with Gasteiger partial charge >= 0.3 is 0 Å². The van der Waals surface area contributed by atoms with E-state index in [2.05, 4.69) is 17.9 Å². The number of hydrogen-bond donors (Lipinski definition) is 2. The summed E-state index contributed by atoms with van der Waals surface area (Å²) >= 11 is 4.28. The highest BCUT2D eigenvalue weighted by Crippen LogP contribution is 2.11. The first-order valence-corrected chi connectivity index (χ1v) is 5.31. The van der Waals surface area contributed by atoms with Crippen molar-refractivity contribution in [2.45, 2.75) is 38.1 Å². The van der Waals surface area contributed by atoms with Crippen LogP contribution in [-0.2, 0) is 4.79 Å². The highest BCUT2D eigenvalue weighted by atomic mass is 32.1. The van der Waals surface area contributed by atoms with Gasteiger partial charge in [0.25, 0.3) is 0 Å². The third-order valence-corrected chi connectivity index (χ3v) is 2.57. The number of likely N-dealkylation sites (tertiary alicyclic amines) is 1. The van der Waals surface area contributed by atoms with E-state index in [-0.39, 0.29) is 11.3 Å². The summed E-state index contributed by atoms with van der Waals surface area (Å²) in [5.41, 5.74) is 0. The number of piperidine rings is 1. The lowest BCUT2D eigenvalue weighted by atomic mass is 10.1. The monoisotopic (exact) mass is 202 g/mol. The number of rotatable bonds is 2. The van der Waals surface area contributed by atoms with E-state index in [9.17, 15) is 4.79 Å². The van der Waals surface area contributed by atoms with Crippen LogP contribution in [-0.4, -0.2) is 35.3 Å². The minimum atomic E-state index is 0.192. The second-order valence-corrected chi connectivity index (χ2v) is 4.40. The van der Waals surface area contributed by atoms with Crippen molar-refractivity contribution >= 4 is 18.5 Å². The van der Waals surface area contributed by atoms with Crippen LogP contribution < -0.4 is 5.32 Å². The normalized spacial score (nSPS) is 21.6. The maximum Gasteiger partial charge on any atom is 0.219 e. The van der Waals surface area contributed by atoms with Crippen LogP contribution in [0.4, 0.5) is 0 Å². The van der Waals surface area contributed by atoms with Crippen molar-refractivity contribution in [2.75, 3.05) is 13.1 Å². The molecule has 4 heteroatoms. The Hall–Kier alpha value is -0.220. The maximum absolute atomic E-state index is 11.0. The molecule has 0 spiro atoms. The maximum atomic E-state index is 11.0. The van der Waals surface area contributed by atoms with Crippen molar-refractivity contribution in [3.63, 3.8) is 0 Å². The van der Waals surface area contributed by atoms with Crippen molar-refractivity contribution in [1.82, 2.24) is 10.2 Å². The van der Waals surface area contributed by atoms with Crippen molar-refractivity contribution in [3.8, 4) is 0 Å². The first-order valence-electron chi connectivity index (χ1n) is 4.79. The Balaban J connectivity index is 2.26. The van der Waals surface area contributed by atoms with Crippen LogP contribution in [0.5, 0.6) is 0 Å². The minimum absolute atomic E-state index is 0.192. The molecule has 1 heterocycles. The van der Waals surface area contributed by atoms with E-state index in [0.717, 1.165) is 25.9 Å². The molecule has 1 atom stereocenters. The van der Waals surface area contributed by atoms with E-state index in [4.69, 9.17) is 0 Å². The predicted octanol–water partition coefficient (Wildman–Crippen LogP) is 0.863. The molecule has 0 aromatic rings. The van der Waals surface area contributed by atoms with Gasteiger partial charge in [-0.2, -0.15) is 12.6 Å². The van der Waals surface area contributed by atoms with Crippen LogP contribution in [0, 0.1) is 0 Å². The topological polar surface area (TPSA) is 32.3 Å². The Labute approximate surface area is 85.3 Å². The van der Waals surface area contributed by atoms with Crippen molar-refractivity contribution in [2.24, 2.45) is 0 Å². The third-order valence-electron chi connectivity index (χ3n) is 2.42. The molecule has 1 aliphatic heterocycles. The van der Waals surface area contributed by atoms with Crippen LogP contribution in [0.15, 0.2) is 0 Å². The quantitative estimate of drug-likeness (QED) is 0.514. The molecule has 3 nitrogen and oxygen atoms in total. The molecule has 1 saturated heterocycles. The van der Waals surface area contributed by atoms with Gasteiger partial charge < -0.3 is 10.2 Å². The van der Waals surface area contributed by atoms with Gasteiger partial charge in [-0.15, -0.1) is 0 Å². The Bertz CT molecular complexity index is 176. The second-order valence-electron chi connectivity index (χ2n) is 3.62. The average molecular weight is 202 g/mol. The summed E-state index contributed by atoms with van der Waals surface area (Å²) in [5.74, 6) is 0.192. The van der Waals surface area contributed by atoms with E-state index >= 15 is 0 Å². The molecule has 0 radical (unpaired) electrons. The third kappa shape index (κ3) is 3.56. The first-order chi connectivity index (χ1) is 6.09. The van der Waals surface area contributed by atoms with Crippen molar-refractivity contribution < 1.29 is 4.79 Å². The number of carbonyl (C=O) groups excluding carboxylic acids is 1. The highest BCUT2D eigenvalue weighted by Gasteiger charge is 2.20. The second kappa shape index (κ2) is 4.86. The van der Waals surface area contributed by atoms with Gasteiger partial charge in [-0.3, -0.25) is 4.79 Å². The number of nitrogens with zero attached hydrogens (tertiary/aromatic N) is 1. The largest absolute Gasteiger partial charge is 0.343 e. The molecule has 0 bridgehead atoms. The Morgan fingerprint density at radius 3 is 2.46 bits per heavy atom. The van der Waals surface area contributed by atoms with Crippen LogP contribution in [0.2, 0.25) is 0 Å². The zero-order chi connectivity index (χ0) is 9.84. The number of hydrogen-bond acceptors (Lipinski definition) is 3. The SMILES string of the molecule is CC(=O)N1CCC(NC(C)S)CC1. The van der Waals surface area contributed by atoms with Crippen LogP contribution >= 0.6 is 12.6 Å². The van der Waals surface area contributed by atoms with Crippen molar-refractivity contribution in [1.29, 1.82) is 0 Å². The van der Waals surface area contributed by atoms with E-state index in [1.54, 1.807) is 6.92 Å². The van der Waals surface area contributed by atoms with Gasteiger partial charge in [0.2, 0.25) is 5.91 Å². The standard InChI is InChI=1S/C9H18N2OS/c1-7(13)10-9-3-5-11(6-4-9)8(2)12/h7,9-10,13H,3-6H2,1-2H3. The summed E-state index contributed by atoms with van der Waals surface area (Å²) in [7, 11) is 0. The van der Waals surface area contributed by atoms with Gasteiger partial charge in [0.05, 0.1) is 0 Å². The molecule has 13 heavy (non-hydrogen) atoms. The molecule has 0 aromatic heterocycles. The summed E-state index contributed by atoms with van der Waals surface area (Å²) < 4.78 is 0. The fourth-order valence-corrected chi connectivity index (χ4v) is 1.91. The number of carbonyl (C=O) groups is 1. The zero-order valence-electron chi connectivity index (χ0n) is 8.29. The molecule has 0 saturated carbocycles. The molecule has 0 aliphatic carbocycles. The van der Waals surface area contributed by atoms with Gasteiger partial charge in [0.15, 0.2) is 0 Å². The minimum Gasteiger partial charge on any atom is -0.343 e. The molecule has 1 aliphatic rings. The lowest BCUT2D eigenvalue weighted by Gasteiger charge is -2.32. The van der Waals surface area contributed by atoms with E-state index < -0.39 is 0 Å². The first kappa shape index (κ1) is 10.9. The molecule has 1 amide bonds. The molecule has 1 fully saturated rings. The van der Waals surface area contributed by atoms with E-state index in [0.29, 0.717) is 6.04 Å². The lowest BCUT2D eigenvalue weighted by molar-refractivity contribution is -0.129. The molecular weight excluding hydrogens is 184 g/mol. The van der Waals surface area contributed by atoms with Crippen LogP contribution in [0.1, 0.15) is 26.7 Å². The lowest BCUT2D eigenvalue weighted by Crippen LogP contribution is -2.45. The van der Waals surface area contributed by atoms with E-state index in [1.165, 1.54) is 0 Å². The fourth-order valence-electron chi connectivity index (χ4n) is 1.70.